The molecule has 160 valence electrons. The zero-order valence-electron chi connectivity index (χ0n) is 18.6. The van der Waals surface area contributed by atoms with Gasteiger partial charge in [-0.3, -0.25) is 9.59 Å². The number of fused-ring (bicyclic) bond motifs is 2. The molecule has 0 N–H and O–H groups in total. The molecular weight excluding hydrogens is 380 g/mol. The Morgan fingerprint density at radius 3 is 1.40 bits per heavy atom. The van der Waals surface area contributed by atoms with E-state index in [1.54, 1.807) is 36.4 Å². The second-order valence-electron chi connectivity index (χ2n) is 8.40. The molecule has 0 fully saturated rings. The summed E-state index contributed by atoms with van der Waals surface area (Å²) in [5.74, 6) is 0.413. The van der Waals surface area contributed by atoms with Crippen molar-refractivity contribution in [2.45, 2.75) is 26.1 Å². The third kappa shape index (κ3) is 4.55. The van der Waals surface area contributed by atoms with Gasteiger partial charge in [-0.15, -0.1) is 0 Å². The van der Waals surface area contributed by atoms with Crippen LogP contribution in [-0.2, 0) is 0 Å². The molecule has 0 bridgehead atoms. The van der Waals surface area contributed by atoms with Crippen molar-refractivity contribution in [1.29, 1.82) is 0 Å². The Kier molecular flexibility index (Phi) is 6.58. The summed E-state index contributed by atoms with van der Waals surface area (Å²) in [5, 5.41) is 0. The number of rotatable bonds is 8. The number of benzene rings is 2. The molecule has 2 atom stereocenters. The summed E-state index contributed by atoms with van der Waals surface area (Å²) in [6.07, 6.45) is -0.299. The average molecular weight is 411 g/mol. The lowest BCUT2D eigenvalue weighted by molar-refractivity contribution is 0.0963. The van der Waals surface area contributed by atoms with Crippen LogP contribution in [0.25, 0.3) is 0 Å². The van der Waals surface area contributed by atoms with Crippen LogP contribution < -0.4 is 9.47 Å². The third-order valence-corrected chi connectivity index (χ3v) is 4.90. The highest BCUT2D eigenvalue weighted by Gasteiger charge is 2.35. The Labute approximate surface area is 178 Å². The normalized spacial score (nSPS) is 15.1. The molecule has 0 heterocycles. The van der Waals surface area contributed by atoms with Crippen LogP contribution in [0, 0.1) is 0 Å². The molecule has 0 spiro atoms. The minimum atomic E-state index is -0.210. The number of hydrogen-bond acceptors (Lipinski definition) is 6. The maximum atomic E-state index is 13.4. The molecule has 1 aliphatic rings. The molecule has 30 heavy (non-hydrogen) atoms. The maximum Gasteiger partial charge on any atom is 0.198 e. The zero-order valence-corrected chi connectivity index (χ0v) is 18.6. The van der Waals surface area contributed by atoms with Crippen LogP contribution >= 0.6 is 0 Å². The maximum absolute atomic E-state index is 13.4. The quantitative estimate of drug-likeness (QED) is 0.569. The summed E-state index contributed by atoms with van der Waals surface area (Å²) in [7, 11) is 7.85. The Balaban J connectivity index is 2.08. The number of hydrogen-bond donors (Lipinski definition) is 0. The summed E-state index contributed by atoms with van der Waals surface area (Å²) in [6, 6.07) is 10.4. The van der Waals surface area contributed by atoms with Gasteiger partial charge in [0.05, 0.1) is 11.1 Å². The lowest BCUT2D eigenvalue weighted by atomic mass is 9.83. The van der Waals surface area contributed by atoms with Crippen LogP contribution in [0.2, 0.25) is 0 Å². The van der Waals surface area contributed by atoms with E-state index >= 15 is 0 Å². The number of ether oxygens (including phenoxy) is 2. The Morgan fingerprint density at radius 1 is 0.700 bits per heavy atom. The first kappa shape index (κ1) is 22.0. The fraction of sp³-hybridized carbons (Fsp3) is 0.417. The molecule has 0 saturated carbocycles. The highest BCUT2D eigenvalue weighted by molar-refractivity contribution is 6.30. The van der Waals surface area contributed by atoms with E-state index in [0.717, 1.165) is 0 Å². The Hall–Kier alpha value is -2.70. The smallest absolute Gasteiger partial charge is 0.198 e. The van der Waals surface area contributed by atoms with E-state index in [1.807, 2.05) is 51.8 Å². The third-order valence-electron chi connectivity index (χ3n) is 4.90. The summed E-state index contributed by atoms with van der Waals surface area (Å²) >= 11 is 0. The van der Waals surface area contributed by atoms with Gasteiger partial charge in [-0.05, 0) is 54.2 Å². The van der Waals surface area contributed by atoms with Crippen molar-refractivity contribution in [1.82, 2.24) is 9.80 Å². The predicted octanol–water partition coefficient (Wildman–Crippen LogP) is 3.12. The second-order valence-corrected chi connectivity index (χ2v) is 8.40. The Bertz CT molecular complexity index is 876. The van der Waals surface area contributed by atoms with Gasteiger partial charge < -0.3 is 19.3 Å². The average Bonchev–Trinajstić information content (AvgIpc) is 2.65. The number of carbonyl (C=O) groups excluding carboxylic acids is 2. The molecule has 0 radical (unpaired) electrons. The van der Waals surface area contributed by atoms with E-state index in [1.165, 1.54) is 0 Å². The van der Waals surface area contributed by atoms with Gasteiger partial charge in [-0.25, -0.2) is 0 Å². The van der Waals surface area contributed by atoms with E-state index in [0.29, 0.717) is 46.8 Å². The monoisotopic (exact) mass is 410 g/mol. The molecule has 0 aliphatic heterocycles. The van der Waals surface area contributed by atoms with Gasteiger partial charge in [0.15, 0.2) is 11.6 Å². The summed E-state index contributed by atoms with van der Waals surface area (Å²) in [5.41, 5.74) is 1.38. The first-order chi connectivity index (χ1) is 14.2. The summed E-state index contributed by atoms with van der Waals surface area (Å²) in [6.45, 7) is 5.26. The van der Waals surface area contributed by atoms with Gasteiger partial charge in [0.25, 0.3) is 0 Å². The van der Waals surface area contributed by atoms with Crippen molar-refractivity contribution in [3.63, 3.8) is 0 Å². The lowest BCUT2D eigenvalue weighted by Gasteiger charge is -2.27. The van der Waals surface area contributed by atoms with Crippen molar-refractivity contribution in [3.8, 4) is 11.5 Å². The summed E-state index contributed by atoms with van der Waals surface area (Å²) in [4.78, 5) is 30.8. The molecular formula is C24H30N2O4. The van der Waals surface area contributed by atoms with E-state index in [-0.39, 0.29) is 23.8 Å². The minimum Gasteiger partial charge on any atom is -0.489 e. The van der Waals surface area contributed by atoms with Gasteiger partial charge in [0.1, 0.15) is 23.7 Å². The standard InChI is InChI=1S/C24H30N2O4/c1-15(13-25(3)4)29-19-11-12-20(30-16(2)14-26(5)6)22-21(19)23(27)17-9-7-8-10-18(17)24(22)28/h7-12,15-16H,13-14H2,1-6H3/t15-,16+. The first-order valence-electron chi connectivity index (χ1n) is 10.2. The highest BCUT2D eigenvalue weighted by atomic mass is 16.5. The van der Waals surface area contributed by atoms with Gasteiger partial charge in [-0.2, -0.15) is 0 Å². The van der Waals surface area contributed by atoms with Crippen molar-refractivity contribution >= 4 is 11.6 Å². The van der Waals surface area contributed by atoms with Crippen LogP contribution in [0.15, 0.2) is 36.4 Å². The molecule has 0 unspecified atom stereocenters. The van der Waals surface area contributed by atoms with Crippen LogP contribution in [0.5, 0.6) is 11.5 Å². The lowest BCUT2D eigenvalue weighted by Crippen LogP contribution is -2.31. The molecule has 2 aromatic rings. The molecule has 3 rings (SSSR count). The van der Waals surface area contributed by atoms with Gasteiger partial charge in [0, 0.05) is 24.2 Å². The van der Waals surface area contributed by atoms with Crippen LogP contribution in [0.3, 0.4) is 0 Å². The first-order valence-corrected chi connectivity index (χ1v) is 10.2. The van der Waals surface area contributed by atoms with Gasteiger partial charge >= 0.3 is 0 Å². The van der Waals surface area contributed by atoms with Crippen molar-refractivity contribution in [2.24, 2.45) is 0 Å². The minimum absolute atomic E-state index is 0.149. The largest absolute Gasteiger partial charge is 0.489 e. The molecule has 0 aromatic heterocycles. The predicted molar refractivity (Wildman–Crippen MR) is 117 cm³/mol. The fourth-order valence-corrected chi connectivity index (χ4v) is 3.90. The summed E-state index contributed by atoms with van der Waals surface area (Å²) < 4.78 is 12.2. The van der Waals surface area contributed by atoms with E-state index in [2.05, 4.69) is 0 Å². The fourth-order valence-electron chi connectivity index (χ4n) is 3.90. The molecule has 2 aromatic carbocycles. The van der Waals surface area contributed by atoms with Crippen molar-refractivity contribution < 1.29 is 19.1 Å². The molecule has 6 nitrogen and oxygen atoms in total. The number of likely N-dealkylation sites (N-methyl/N-ethyl adjacent to an activating group) is 2. The number of nitrogens with zero attached hydrogens (tertiary/aromatic N) is 2. The topological polar surface area (TPSA) is 59.1 Å². The molecule has 0 saturated heterocycles. The van der Waals surface area contributed by atoms with Crippen LogP contribution in [-0.4, -0.2) is 74.9 Å². The van der Waals surface area contributed by atoms with Crippen LogP contribution in [0.1, 0.15) is 45.7 Å². The molecule has 6 heteroatoms. The number of ketones is 2. The van der Waals surface area contributed by atoms with Gasteiger partial charge in [-0.1, -0.05) is 24.3 Å². The second kappa shape index (κ2) is 8.98. The Morgan fingerprint density at radius 2 is 1.07 bits per heavy atom. The van der Waals surface area contributed by atoms with E-state index in [4.69, 9.17) is 9.47 Å². The van der Waals surface area contributed by atoms with Crippen LogP contribution in [0.4, 0.5) is 0 Å². The van der Waals surface area contributed by atoms with Gasteiger partial charge in [0.2, 0.25) is 0 Å². The number of carbonyl (C=O) groups is 2. The molecule has 0 amide bonds. The molecule has 1 aliphatic carbocycles. The highest BCUT2D eigenvalue weighted by Crippen LogP contribution is 2.39. The zero-order chi connectivity index (χ0) is 22.0. The SMILES string of the molecule is C[C@H](CN(C)C)Oc1ccc(O[C@@H](C)CN(C)C)c2c1C(=O)c1ccccc1C2=O. The van der Waals surface area contributed by atoms with Crippen molar-refractivity contribution in [2.75, 3.05) is 41.3 Å². The van der Waals surface area contributed by atoms with Crippen molar-refractivity contribution in [3.05, 3.63) is 58.7 Å². The van der Waals surface area contributed by atoms with E-state index in [9.17, 15) is 9.59 Å². The van der Waals surface area contributed by atoms with E-state index < -0.39 is 0 Å².